The van der Waals surface area contributed by atoms with Crippen molar-refractivity contribution in [2.45, 2.75) is 4.90 Å². The van der Waals surface area contributed by atoms with Crippen molar-refractivity contribution in [3.63, 3.8) is 0 Å². The van der Waals surface area contributed by atoms with Crippen LogP contribution < -0.4 is 5.69 Å². The molecular formula is C12H11N3O5S. The number of fused-ring (bicyclic) bond motifs is 1. The molecule has 0 bridgehead atoms. The molecule has 9 heteroatoms. The molecule has 2 aromatic rings. The van der Waals surface area contributed by atoms with Crippen molar-refractivity contribution in [2.75, 3.05) is 13.1 Å². The highest BCUT2D eigenvalue weighted by molar-refractivity contribution is 7.89. The normalized spacial score (nSPS) is 11.6. The maximum absolute atomic E-state index is 12.4. The van der Waals surface area contributed by atoms with E-state index in [1.165, 1.54) is 18.2 Å². The third-order valence-corrected chi connectivity index (χ3v) is 4.49. The number of carbonyl (C=O) groups is 1. The molecule has 0 atom stereocenters. The van der Waals surface area contributed by atoms with Gasteiger partial charge in [0, 0.05) is 0 Å². The average Bonchev–Trinajstić information content (AvgIpc) is 2.76. The van der Waals surface area contributed by atoms with Gasteiger partial charge in [-0.2, -0.15) is 4.31 Å². The van der Waals surface area contributed by atoms with Gasteiger partial charge in [-0.1, -0.05) is 5.92 Å². The molecule has 0 aliphatic heterocycles. The molecule has 0 aliphatic carbocycles. The van der Waals surface area contributed by atoms with Crippen LogP contribution in [0.1, 0.15) is 0 Å². The highest BCUT2D eigenvalue weighted by Crippen LogP contribution is 2.19. The van der Waals surface area contributed by atoms with Gasteiger partial charge in [0.15, 0.2) is 0 Å². The summed E-state index contributed by atoms with van der Waals surface area (Å²) in [5, 5.41) is 8.77. The SMILES string of the molecule is C#CCN(CC(=O)O)S(=O)(=O)c1ccc2[nH]c(=O)[nH]c2c1. The molecule has 0 spiro atoms. The van der Waals surface area contributed by atoms with Crippen LogP contribution in [-0.2, 0) is 14.8 Å². The predicted molar refractivity (Wildman–Crippen MR) is 74.1 cm³/mol. The van der Waals surface area contributed by atoms with Gasteiger partial charge in [-0.15, -0.1) is 6.42 Å². The Morgan fingerprint density at radius 2 is 2.00 bits per heavy atom. The Bertz CT molecular complexity index is 887. The van der Waals surface area contributed by atoms with Gasteiger partial charge in [-0.3, -0.25) is 4.79 Å². The summed E-state index contributed by atoms with van der Waals surface area (Å²) in [6.07, 6.45) is 5.07. The number of benzene rings is 1. The highest BCUT2D eigenvalue weighted by atomic mass is 32.2. The van der Waals surface area contributed by atoms with Crippen molar-refractivity contribution in [1.29, 1.82) is 0 Å². The zero-order valence-corrected chi connectivity index (χ0v) is 11.5. The fourth-order valence-electron chi connectivity index (χ4n) is 1.80. The molecule has 0 unspecified atom stereocenters. The van der Waals surface area contributed by atoms with Gasteiger partial charge in [-0.25, -0.2) is 13.2 Å². The first-order valence-electron chi connectivity index (χ1n) is 5.72. The summed E-state index contributed by atoms with van der Waals surface area (Å²) in [5.74, 6) is 0.795. The fraction of sp³-hybridized carbons (Fsp3) is 0.167. The highest BCUT2D eigenvalue weighted by Gasteiger charge is 2.26. The average molecular weight is 309 g/mol. The molecule has 8 nitrogen and oxygen atoms in total. The number of carboxylic acids is 1. The molecular weight excluding hydrogens is 298 g/mol. The van der Waals surface area contributed by atoms with Crippen LogP contribution in [0.2, 0.25) is 0 Å². The molecule has 0 saturated heterocycles. The van der Waals surface area contributed by atoms with Gasteiger partial charge < -0.3 is 15.1 Å². The molecule has 0 saturated carbocycles. The third kappa shape index (κ3) is 2.96. The summed E-state index contributed by atoms with van der Waals surface area (Å²) in [5.41, 5.74) is 0.281. The van der Waals surface area contributed by atoms with Crippen molar-refractivity contribution in [3.05, 3.63) is 28.7 Å². The minimum atomic E-state index is -4.07. The number of aromatic nitrogens is 2. The van der Waals surface area contributed by atoms with E-state index < -0.39 is 28.2 Å². The van der Waals surface area contributed by atoms with Crippen LogP contribution in [0.4, 0.5) is 0 Å². The molecule has 0 fully saturated rings. The second kappa shape index (κ2) is 5.43. The van der Waals surface area contributed by atoms with Crippen LogP contribution >= 0.6 is 0 Å². The van der Waals surface area contributed by atoms with E-state index in [9.17, 15) is 18.0 Å². The number of H-pyrrole nitrogens is 2. The lowest BCUT2D eigenvalue weighted by molar-refractivity contribution is -0.137. The van der Waals surface area contributed by atoms with E-state index >= 15 is 0 Å². The van der Waals surface area contributed by atoms with E-state index in [0.717, 1.165) is 0 Å². The Hall–Kier alpha value is -2.57. The Kier molecular flexibility index (Phi) is 3.84. The molecule has 0 aliphatic rings. The van der Waals surface area contributed by atoms with E-state index in [1.807, 2.05) is 0 Å². The number of imidazole rings is 1. The zero-order chi connectivity index (χ0) is 15.6. The second-order valence-electron chi connectivity index (χ2n) is 4.16. The molecule has 2 rings (SSSR count). The number of aromatic amines is 2. The van der Waals surface area contributed by atoms with Crippen LogP contribution in [0.5, 0.6) is 0 Å². The van der Waals surface area contributed by atoms with Crippen molar-refractivity contribution >= 4 is 27.0 Å². The van der Waals surface area contributed by atoms with Crippen molar-refractivity contribution in [2.24, 2.45) is 0 Å². The summed E-state index contributed by atoms with van der Waals surface area (Å²) < 4.78 is 25.4. The number of aliphatic carboxylic acids is 1. The number of hydrogen-bond acceptors (Lipinski definition) is 4. The summed E-state index contributed by atoms with van der Waals surface area (Å²) >= 11 is 0. The van der Waals surface area contributed by atoms with Crippen LogP contribution in [-0.4, -0.2) is 46.9 Å². The predicted octanol–water partition coefficient (Wildman–Crippen LogP) is -0.435. The Labute approximate surface area is 119 Å². The first kappa shape index (κ1) is 14.8. The monoisotopic (exact) mass is 309 g/mol. The molecule has 110 valence electrons. The maximum Gasteiger partial charge on any atom is 0.323 e. The van der Waals surface area contributed by atoms with Crippen molar-refractivity contribution in [1.82, 2.24) is 14.3 Å². The minimum absolute atomic E-state index is 0.151. The van der Waals surface area contributed by atoms with Crippen molar-refractivity contribution in [3.8, 4) is 12.3 Å². The summed E-state index contributed by atoms with van der Waals surface area (Å²) in [6.45, 7) is -1.11. The minimum Gasteiger partial charge on any atom is -0.480 e. The Morgan fingerprint density at radius 3 is 2.62 bits per heavy atom. The summed E-state index contributed by atoms with van der Waals surface area (Å²) in [7, 11) is -4.07. The zero-order valence-electron chi connectivity index (χ0n) is 10.7. The molecule has 1 heterocycles. The maximum atomic E-state index is 12.4. The molecule has 21 heavy (non-hydrogen) atoms. The number of hydrogen-bond donors (Lipinski definition) is 3. The van der Waals surface area contributed by atoms with Gasteiger partial charge >= 0.3 is 11.7 Å². The largest absolute Gasteiger partial charge is 0.480 e. The Morgan fingerprint density at radius 1 is 1.33 bits per heavy atom. The lowest BCUT2D eigenvalue weighted by Crippen LogP contribution is -2.35. The van der Waals surface area contributed by atoms with E-state index in [4.69, 9.17) is 11.5 Å². The van der Waals surface area contributed by atoms with E-state index in [0.29, 0.717) is 15.3 Å². The second-order valence-corrected chi connectivity index (χ2v) is 6.10. The molecule has 1 aromatic heterocycles. The van der Waals surface area contributed by atoms with Crippen LogP contribution in [0.25, 0.3) is 11.0 Å². The number of rotatable bonds is 5. The smallest absolute Gasteiger partial charge is 0.323 e. The fourth-order valence-corrected chi connectivity index (χ4v) is 3.13. The number of nitrogens with one attached hydrogen (secondary N) is 2. The van der Waals surface area contributed by atoms with E-state index in [-0.39, 0.29) is 11.4 Å². The molecule has 3 N–H and O–H groups in total. The van der Waals surface area contributed by atoms with Crippen LogP contribution in [0.15, 0.2) is 27.9 Å². The van der Waals surface area contributed by atoms with Crippen LogP contribution in [0.3, 0.4) is 0 Å². The lowest BCUT2D eigenvalue weighted by Gasteiger charge is -2.17. The molecule has 0 amide bonds. The lowest BCUT2D eigenvalue weighted by atomic mass is 10.3. The van der Waals surface area contributed by atoms with Gasteiger partial charge in [0.2, 0.25) is 10.0 Å². The van der Waals surface area contributed by atoms with Crippen molar-refractivity contribution < 1.29 is 18.3 Å². The standard InChI is InChI=1S/C12H11N3O5S/c1-2-5-15(7-11(16)17)21(19,20)8-3-4-9-10(6-8)14-12(18)13-9/h1,3-4,6H,5,7H2,(H,16,17)(H2,13,14,18). The summed E-state index contributed by atoms with van der Waals surface area (Å²) in [4.78, 5) is 26.7. The number of sulfonamides is 1. The topological polar surface area (TPSA) is 123 Å². The number of nitrogens with zero attached hydrogens (tertiary/aromatic N) is 1. The van der Waals surface area contributed by atoms with Gasteiger partial charge in [0.05, 0.1) is 22.5 Å². The third-order valence-electron chi connectivity index (χ3n) is 2.70. The first-order valence-corrected chi connectivity index (χ1v) is 7.16. The van der Waals surface area contributed by atoms with Gasteiger partial charge in [0.25, 0.3) is 0 Å². The quantitative estimate of drug-likeness (QED) is 0.646. The van der Waals surface area contributed by atoms with E-state index in [2.05, 4.69) is 15.9 Å². The number of terminal acetylenes is 1. The first-order chi connectivity index (χ1) is 9.84. The molecule has 1 aromatic carbocycles. The Balaban J connectivity index is 2.50. The van der Waals surface area contributed by atoms with Crippen LogP contribution in [0, 0.1) is 12.3 Å². The number of carboxylic acid groups (broad SMARTS) is 1. The van der Waals surface area contributed by atoms with Gasteiger partial charge in [-0.05, 0) is 18.2 Å². The van der Waals surface area contributed by atoms with E-state index in [1.54, 1.807) is 0 Å². The molecule has 0 radical (unpaired) electrons. The summed E-state index contributed by atoms with van der Waals surface area (Å²) in [6, 6.07) is 3.93. The van der Waals surface area contributed by atoms with Gasteiger partial charge in [0.1, 0.15) is 6.54 Å².